The Morgan fingerprint density at radius 3 is 2.63 bits per heavy atom. The van der Waals surface area contributed by atoms with E-state index in [9.17, 15) is 22.4 Å². The zero-order valence-electron chi connectivity index (χ0n) is 14.7. The lowest BCUT2D eigenvalue weighted by Crippen LogP contribution is -2.65. The summed E-state index contributed by atoms with van der Waals surface area (Å²) in [6, 6.07) is 6.26. The van der Waals surface area contributed by atoms with Crippen LogP contribution in [-0.2, 0) is 0 Å². The fourth-order valence-electron chi connectivity index (χ4n) is 3.78. The lowest BCUT2D eigenvalue weighted by molar-refractivity contribution is -0.187. The number of fused-ring (bicyclic) bond motifs is 1. The zero-order valence-corrected chi connectivity index (χ0v) is 16.8. The van der Waals surface area contributed by atoms with Crippen LogP contribution in [0.25, 0.3) is 5.52 Å². The summed E-state index contributed by atoms with van der Waals surface area (Å²) in [5, 5.41) is 6.06. The summed E-state index contributed by atoms with van der Waals surface area (Å²) in [4.78, 5) is 14.4. The van der Waals surface area contributed by atoms with Crippen LogP contribution in [0.3, 0.4) is 0 Å². The molecule has 1 unspecified atom stereocenters. The number of amides is 1. The third-order valence-electron chi connectivity index (χ3n) is 4.91. The van der Waals surface area contributed by atoms with Gasteiger partial charge in [-0.25, -0.2) is 8.91 Å². The van der Waals surface area contributed by atoms with Gasteiger partial charge in [0.15, 0.2) is 3.55 Å². The van der Waals surface area contributed by atoms with Crippen molar-refractivity contribution in [2.45, 2.75) is 22.8 Å². The molecule has 0 aliphatic carbocycles. The highest BCUT2D eigenvalue weighted by molar-refractivity contribution is 14.1. The first-order valence-electron chi connectivity index (χ1n) is 8.38. The molecule has 148 valence electrons. The van der Waals surface area contributed by atoms with Gasteiger partial charge in [-0.3, -0.25) is 4.79 Å². The molecule has 0 spiro atoms. The average molecular weight is 498 g/mol. The van der Waals surface area contributed by atoms with Crippen molar-refractivity contribution in [3.63, 3.8) is 0 Å². The summed E-state index contributed by atoms with van der Waals surface area (Å²) >= 11 is 1.16. The first-order chi connectivity index (χ1) is 12.5. The highest BCUT2D eigenvalue weighted by Crippen LogP contribution is 2.48. The molecule has 2 aromatic rings. The van der Waals surface area contributed by atoms with Gasteiger partial charge in [-0.2, -0.15) is 18.3 Å². The summed E-state index contributed by atoms with van der Waals surface area (Å²) in [6.07, 6.45) is -5.11. The van der Waals surface area contributed by atoms with Crippen LogP contribution in [0.5, 0.6) is 0 Å². The van der Waals surface area contributed by atoms with E-state index in [4.69, 9.17) is 0 Å². The van der Waals surface area contributed by atoms with Crippen molar-refractivity contribution in [2.24, 2.45) is 11.8 Å². The van der Waals surface area contributed by atoms with E-state index in [-0.39, 0.29) is 12.2 Å². The molecule has 5 nitrogen and oxygen atoms in total. The van der Waals surface area contributed by atoms with Gasteiger partial charge < -0.3 is 10.2 Å². The Kier molecular flexibility index (Phi) is 5.41. The first-order valence-corrected chi connectivity index (χ1v) is 9.46. The van der Waals surface area contributed by atoms with E-state index in [1.54, 1.807) is 37.1 Å². The predicted molar refractivity (Wildman–Crippen MR) is 101 cm³/mol. The molecule has 3 rings (SSSR count). The Labute approximate surface area is 167 Å². The van der Waals surface area contributed by atoms with Gasteiger partial charge in [-0.1, -0.05) is 13.0 Å². The number of hydrogen-bond donors (Lipinski definition) is 1. The second-order valence-electron chi connectivity index (χ2n) is 6.98. The molecule has 0 aromatic carbocycles. The summed E-state index contributed by atoms with van der Waals surface area (Å²) in [6.45, 7) is 1.78. The van der Waals surface area contributed by atoms with Gasteiger partial charge in [0.2, 0.25) is 0 Å². The van der Waals surface area contributed by atoms with E-state index < -0.39 is 33.6 Å². The number of nitrogens with one attached hydrogen (secondary N) is 1. The standard InChI is InChI=1S/C17H19F4IN4O/c1-10-8-25(2)9-12(18)14(10)16(22,17(19,20)21)24-15(27)13-5-3-4-11-6-7-23-26(11)13/h3-7,10,12,14H,8-9H2,1-2H3,(H,24,27)/t10-,12-,14-,16?/m1/s1. The molecule has 1 amide bonds. The van der Waals surface area contributed by atoms with Gasteiger partial charge in [-0.15, -0.1) is 0 Å². The Morgan fingerprint density at radius 2 is 2.00 bits per heavy atom. The van der Waals surface area contributed by atoms with Crippen LogP contribution in [0.1, 0.15) is 17.4 Å². The minimum atomic E-state index is -4.83. The predicted octanol–water partition coefficient (Wildman–Crippen LogP) is 3.29. The highest BCUT2D eigenvalue weighted by Gasteiger charge is 2.63. The Morgan fingerprint density at radius 1 is 1.30 bits per heavy atom. The van der Waals surface area contributed by atoms with Gasteiger partial charge in [0.25, 0.3) is 5.91 Å². The van der Waals surface area contributed by atoms with Crippen LogP contribution in [0, 0.1) is 11.8 Å². The third-order valence-corrected chi connectivity index (χ3v) is 6.51. The number of carbonyl (C=O) groups is 1. The number of likely N-dealkylation sites (tertiary alicyclic amines) is 1. The second-order valence-corrected chi connectivity index (χ2v) is 8.68. The number of hydrogen-bond acceptors (Lipinski definition) is 3. The van der Waals surface area contributed by atoms with Crippen LogP contribution in [-0.4, -0.2) is 56.5 Å². The van der Waals surface area contributed by atoms with Gasteiger partial charge in [-0.05, 0) is 53.8 Å². The van der Waals surface area contributed by atoms with Crippen molar-refractivity contribution in [3.05, 3.63) is 36.2 Å². The number of piperidine rings is 1. The van der Waals surface area contributed by atoms with Crippen LogP contribution in [0.15, 0.2) is 30.5 Å². The van der Waals surface area contributed by atoms with E-state index in [0.29, 0.717) is 12.1 Å². The SMILES string of the molecule is C[C@@H]1CN(C)C[C@@H](F)[C@@H]1C(I)(NC(=O)c1cccc2ccnn12)C(F)(F)F. The maximum Gasteiger partial charge on any atom is 0.421 e. The van der Waals surface area contributed by atoms with Crippen molar-refractivity contribution in [1.29, 1.82) is 0 Å². The van der Waals surface area contributed by atoms with Gasteiger partial charge in [0.05, 0.1) is 11.7 Å². The van der Waals surface area contributed by atoms with Crippen LogP contribution >= 0.6 is 22.6 Å². The fraction of sp³-hybridized carbons (Fsp3) is 0.529. The van der Waals surface area contributed by atoms with Crippen molar-refractivity contribution in [3.8, 4) is 0 Å². The molecule has 0 saturated carbocycles. The van der Waals surface area contributed by atoms with Crippen LogP contribution in [0.2, 0.25) is 0 Å². The van der Waals surface area contributed by atoms with Gasteiger partial charge in [0.1, 0.15) is 11.9 Å². The van der Waals surface area contributed by atoms with E-state index in [1.165, 1.54) is 16.8 Å². The lowest BCUT2D eigenvalue weighted by Gasteiger charge is -2.46. The summed E-state index contributed by atoms with van der Waals surface area (Å²) in [5.74, 6) is -2.96. The van der Waals surface area contributed by atoms with E-state index in [1.807, 2.05) is 0 Å². The Bertz CT molecular complexity index is 830. The molecule has 0 radical (unpaired) electrons. The molecule has 4 atom stereocenters. The lowest BCUT2D eigenvalue weighted by atomic mass is 9.79. The van der Waals surface area contributed by atoms with Crippen molar-refractivity contribution >= 4 is 34.0 Å². The molecule has 3 heterocycles. The molecule has 1 saturated heterocycles. The molecule has 1 aliphatic heterocycles. The molecule has 0 bridgehead atoms. The summed E-state index contributed by atoms with van der Waals surface area (Å²) in [7, 11) is 1.67. The van der Waals surface area contributed by atoms with Crippen molar-refractivity contribution < 1.29 is 22.4 Å². The molecule has 27 heavy (non-hydrogen) atoms. The minimum Gasteiger partial charge on any atom is -0.328 e. The number of alkyl halides is 5. The summed E-state index contributed by atoms with van der Waals surface area (Å²) in [5.41, 5.74) is 0.531. The Balaban J connectivity index is 1.98. The van der Waals surface area contributed by atoms with Gasteiger partial charge >= 0.3 is 6.18 Å². The molecule has 1 aliphatic rings. The zero-order chi connectivity index (χ0) is 20.0. The Hall–Kier alpha value is -1.43. The molecular formula is C17H19F4IN4O. The number of nitrogens with zero attached hydrogens (tertiary/aromatic N) is 3. The smallest absolute Gasteiger partial charge is 0.328 e. The number of rotatable bonds is 3. The average Bonchev–Trinajstić information content (AvgIpc) is 3.00. The minimum absolute atomic E-state index is 0.0428. The topological polar surface area (TPSA) is 49.6 Å². The maximum atomic E-state index is 14.7. The monoisotopic (exact) mass is 498 g/mol. The number of aromatic nitrogens is 2. The van der Waals surface area contributed by atoms with Gasteiger partial charge in [0, 0.05) is 19.0 Å². The van der Waals surface area contributed by atoms with E-state index in [0.717, 1.165) is 22.6 Å². The molecule has 1 N–H and O–H groups in total. The first kappa shape index (κ1) is 20.3. The van der Waals surface area contributed by atoms with E-state index in [2.05, 4.69) is 10.4 Å². The maximum absolute atomic E-state index is 14.7. The summed E-state index contributed by atoms with van der Waals surface area (Å²) < 4.78 is 55.3. The van der Waals surface area contributed by atoms with Crippen molar-refractivity contribution in [1.82, 2.24) is 19.8 Å². The normalized spacial score (nSPS) is 26.7. The quantitative estimate of drug-likeness (QED) is 0.306. The van der Waals surface area contributed by atoms with Crippen molar-refractivity contribution in [2.75, 3.05) is 20.1 Å². The van der Waals surface area contributed by atoms with E-state index >= 15 is 0 Å². The molecular weight excluding hydrogens is 479 g/mol. The fourth-order valence-corrected chi connectivity index (χ4v) is 5.03. The molecule has 1 fully saturated rings. The largest absolute Gasteiger partial charge is 0.421 e. The van der Waals surface area contributed by atoms with Crippen LogP contribution < -0.4 is 5.32 Å². The number of pyridine rings is 1. The highest BCUT2D eigenvalue weighted by atomic mass is 127. The molecule has 2 aromatic heterocycles. The number of carbonyl (C=O) groups excluding carboxylic acids is 1. The molecule has 10 heteroatoms. The van der Waals surface area contributed by atoms with Crippen LogP contribution in [0.4, 0.5) is 17.6 Å². The third kappa shape index (κ3) is 3.65. The number of halogens is 5. The second kappa shape index (κ2) is 7.19.